The van der Waals surface area contributed by atoms with E-state index in [2.05, 4.69) is 15.0 Å². The number of aromatic amines is 1. The minimum Gasteiger partial charge on any atom is -0.433 e. The van der Waals surface area contributed by atoms with Gasteiger partial charge in [0, 0.05) is 29.3 Å². The number of hydrogen-bond donors (Lipinski definition) is 2. The van der Waals surface area contributed by atoms with E-state index in [1.807, 2.05) is 6.08 Å². The summed E-state index contributed by atoms with van der Waals surface area (Å²) < 4.78 is 29.9. The molecular formula is C21H19ClF2N2O3. The van der Waals surface area contributed by atoms with Crippen LogP contribution in [0.1, 0.15) is 48.4 Å². The van der Waals surface area contributed by atoms with Gasteiger partial charge in [0.1, 0.15) is 5.75 Å². The number of ether oxygens (including phenoxy) is 1. The number of nitrogens with one attached hydrogen (secondary N) is 2. The molecule has 152 valence electrons. The van der Waals surface area contributed by atoms with Gasteiger partial charge in [-0.25, -0.2) is 0 Å². The number of H-pyrrole nitrogens is 1. The van der Waals surface area contributed by atoms with Gasteiger partial charge < -0.3 is 15.0 Å². The third-order valence-corrected chi connectivity index (χ3v) is 5.41. The molecule has 1 aromatic carbocycles. The fourth-order valence-corrected chi connectivity index (χ4v) is 3.68. The summed E-state index contributed by atoms with van der Waals surface area (Å²) >= 11 is 5.98. The first-order chi connectivity index (χ1) is 13.9. The van der Waals surface area contributed by atoms with E-state index in [0.29, 0.717) is 35.6 Å². The van der Waals surface area contributed by atoms with Crippen LogP contribution in [0.25, 0.3) is 5.57 Å². The molecule has 1 saturated carbocycles. The first kappa shape index (κ1) is 19.6. The summed E-state index contributed by atoms with van der Waals surface area (Å²) in [5, 5.41) is 2.91. The number of alkyl halides is 2. The Balaban J connectivity index is 1.77. The molecule has 1 atom stereocenters. The van der Waals surface area contributed by atoms with Crippen molar-refractivity contribution in [2.75, 3.05) is 0 Å². The number of halogens is 3. The Morgan fingerprint density at radius 2 is 1.97 bits per heavy atom. The van der Waals surface area contributed by atoms with Crippen molar-refractivity contribution >= 4 is 23.1 Å². The number of amides is 1. The molecule has 5 nitrogen and oxygen atoms in total. The van der Waals surface area contributed by atoms with E-state index in [-0.39, 0.29) is 28.3 Å². The van der Waals surface area contributed by atoms with Crippen LogP contribution in [-0.4, -0.2) is 23.5 Å². The van der Waals surface area contributed by atoms with Crippen molar-refractivity contribution < 1.29 is 18.3 Å². The highest BCUT2D eigenvalue weighted by molar-refractivity contribution is 6.32. The third-order valence-electron chi connectivity index (χ3n) is 5.10. The molecular weight excluding hydrogens is 402 g/mol. The van der Waals surface area contributed by atoms with Crippen molar-refractivity contribution in [1.29, 1.82) is 0 Å². The van der Waals surface area contributed by atoms with Crippen molar-refractivity contribution in [3.05, 3.63) is 68.6 Å². The molecule has 0 bridgehead atoms. The summed E-state index contributed by atoms with van der Waals surface area (Å²) in [6, 6.07) is 7.92. The van der Waals surface area contributed by atoms with Crippen LogP contribution in [-0.2, 0) is 4.79 Å². The van der Waals surface area contributed by atoms with Crippen molar-refractivity contribution in [3.8, 4) is 5.75 Å². The van der Waals surface area contributed by atoms with Gasteiger partial charge in [-0.3, -0.25) is 9.59 Å². The summed E-state index contributed by atoms with van der Waals surface area (Å²) in [7, 11) is 0. The maximum Gasteiger partial charge on any atom is 0.387 e. The maximum atomic E-state index is 12.7. The largest absolute Gasteiger partial charge is 0.433 e. The Morgan fingerprint density at radius 1 is 1.17 bits per heavy atom. The lowest BCUT2D eigenvalue weighted by Crippen LogP contribution is -2.23. The Hall–Kier alpha value is -2.67. The molecule has 2 aromatic rings. The second kappa shape index (κ2) is 7.99. The van der Waals surface area contributed by atoms with Crippen LogP contribution < -0.4 is 15.6 Å². The zero-order chi connectivity index (χ0) is 20.5. The Kier molecular flexibility index (Phi) is 5.41. The Bertz CT molecular complexity index is 1030. The van der Waals surface area contributed by atoms with Crippen LogP contribution in [0.3, 0.4) is 0 Å². The van der Waals surface area contributed by atoms with Gasteiger partial charge in [0.2, 0.25) is 5.91 Å². The summed E-state index contributed by atoms with van der Waals surface area (Å²) in [6.45, 7) is -3.01. The van der Waals surface area contributed by atoms with Crippen LogP contribution in [0.5, 0.6) is 5.75 Å². The van der Waals surface area contributed by atoms with Gasteiger partial charge in [0.05, 0.1) is 5.02 Å². The number of pyridine rings is 1. The zero-order valence-corrected chi connectivity index (χ0v) is 16.1. The number of hydrogen-bond acceptors (Lipinski definition) is 3. The lowest BCUT2D eigenvalue weighted by molar-refractivity contribution is -0.119. The average molecular weight is 421 g/mol. The number of carbonyl (C=O) groups is 1. The molecule has 1 aliphatic heterocycles. The quantitative estimate of drug-likeness (QED) is 0.735. The van der Waals surface area contributed by atoms with Crippen LogP contribution in [0.15, 0.2) is 41.2 Å². The number of carbonyl (C=O) groups excluding carboxylic acids is 1. The predicted octanol–water partition coefficient (Wildman–Crippen LogP) is 4.22. The SMILES string of the molecule is O=C1CC[C@H](/C=C(\c2ccc(Cl)c(OC(F)F)c2)c2ccc(C3CC3)c(=O)[nH]2)N1. The van der Waals surface area contributed by atoms with E-state index >= 15 is 0 Å². The van der Waals surface area contributed by atoms with E-state index < -0.39 is 6.61 Å². The van der Waals surface area contributed by atoms with Gasteiger partial charge in [-0.1, -0.05) is 29.8 Å². The topological polar surface area (TPSA) is 71.2 Å². The predicted molar refractivity (Wildman–Crippen MR) is 105 cm³/mol. The molecule has 8 heteroatoms. The van der Waals surface area contributed by atoms with Crippen LogP contribution >= 0.6 is 11.6 Å². The molecule has 2 aliphatic rings. The van der Waals surface area contributed by atoms with Crippen LogP contribution in [0.2, 0.25) is 5.02 Å². The number of benzene rings is 1. The first-order valence-electron chi connectivity index (χ1n) is 9.40. The van der Waals surface area contributed by atoms with Gasteiger partial charge in [-0.05, 0) is 48.9 Å². The molecule has 0 spiro atoms. The third kappa shape index (κ3) is 4.50. The minimum absolute atomic E-state index is 0.0546. The van der Waals surface area contributed by atoms with E-state index in [1.54, 1.807) is 18.2 Å². The van der Waals surface area contributed by atoms with E-state index in [4.69, 9.17) is 11.6 Å². The molecule has 2 fully saturated rings. The molecule has 2 heterocycles. The molecule has 1 saturated heterocycles. The lowest BCUT2D eigenvalue weighted by Gasteiger charge is -2.15. The molecule has 1 aromatic heterocycles. The van der Waals surface area contributed by atoms with Gasteiger partial charge in [0.15, 0.2) is 0 Å². The maximum absolute atomic E-state index is 12.7. The fourth-order valence-electron chi connectivity index (χ4n) is 3.52. The molecule has 4 rings (SSSR count). The van der Waals surface area contributed by atoms with E-state index in [1.165, 1.54) is 12.1 Å². The second-order valence-electron chi connectivity index (χ2n) is 7.25. The highest BCUT2D eigenvalue weighted by Crippen LogP contribution is 2.38. The van der Waals surface area contributed by atoms with Crippen molar-refractivity contribution in [2.45, 2.75) is 44.3 Å². The Labute approximate surface area is 170 Å². The highest BCUT2D eigenvalue weighted by atomic mass is 35.5. The normalized spacial score (nSPS) is 19.5. The van der Waals surface area contributed by atoms with Crippen molar-refractivity contribution in [1.82, 2.24) is 10.3 Å². The first-order valence-corrected chi connectivity index (χ1v) is 9.78. The van der Waals surface area contributed by atoms with Gasteiger partial charge in [-0.2, -0.15) is 8.78 Å². The second-order valence-corrected chi connectivity index (χ2v) is 7.65. The highest BCUT2D eigenvalue weighted by Gasteiger charge is 2.27. The van der Waals surface area contributed by atoms with Crippen molar-refractivity contribution in [2.24, 2.45) is 0 Å². The minimum atomic E-state index is -3.01. The summed E-state index contributed by atoms with van der Waals surface area (Å²) in [4.78, 5) is 27.0. The molecule has 0 unspecified atom stereocenters. The van der Waals surface area contributed by atoms with Gasteiger partial charge in [-0.15, -0.1) is 0 Å². The van der Waals surface area contributed by atoms with Crippen molar-refractivity contribution in [3.63, 3.8) is 0 Å². The smallest absolute Gasteiger partial charge is 0.387 e. The molecule has 0 radical (unpaired) electrons. The number of rotatable bonds is 6. The zero-order valence-electron chi connectivity index (χ0n) is 15.4. The fraction of sp³-hybridized carbons (Fsp3) is 0.333. The van der Waals surface area contributed by atoms with E-state index in [0.717, 1.165) is 18.4 Å². The molecule has 29 heavy (non-hydrogen) atoms. The average Bonchev–Trinajstić information content (AvgIpc) is 3.43. The number of aromatic nitrogens is 1. The molecule has 2 N–H and O–H groups in total. The van der Waals surface area contributed by atoms with Crippen LogP contribution in [0.4, 0.5) is 8.78 Å². The lowest BCUT2D eigenvalue weighted by atomic mass is 9.98. The monoisotopic (exact) mass is 420 g/mol. The standard InChI is InChI=1S/C21H19ClF2N2O3/c22-16-6-3-12(9-18(16)29-21(23)24)15(10-13-4-8-19(27)25-13)17-7-5-14(11-1-2-11)20(28)26-17/h3,5-7,9-11,13,21H,1-2,4,8H2,(H,25,27)(H,26,28)/b15-10+/t13-/m1/s1. The summed E-state index contributed by atoms with van der Waals surface area (Å²) in [6.07, 6.45) is 4.85. The Morgan fingerprint density at radius 3 is 2.59 bits per heavy atom. The molecule has 1 aliphatic carbocycles. The summed E-state index contributed by atoms with van der Waals surface area (Å²) in [5.41, 5.74) is 2.27. The van der Waals surface area contributed by atoms with Gasteiger partial charge >= 0.3 is 6.61 Å². The van der Waals surface area contributed by atoms with E-state index in [9.17, 15) is 18.4 Å². The van der Waals surface area contributed by atoms with Gasteiger partial charge in [0.25, 0.3) is 5.56 Å². The summed E-state index contributed by atoms with van der Waals surface area (Å²) in [5.74, 6) is 0.0920. The molecule has 1 amide bonds. The van der Waals surface area contributed by atoms with Crippen LogP contribution in [0, 0.1) is 0 Å².